The molecule has 4 rings (SSSR count). The molecule has 34 heavy (non-hydrogen) atoms. The fourth-order valence-corrected chi connectivity index (χ4v) is 4.02. The Morgan fingerprint density at radius 2 is 2.00 bits per heavy atom. The molecule has 3 amide bonds. The third-order valence-electron chi connectivity index (χ3n) is 4.69. The molecule has 0 radical (unpaired) electrons. The molecule has 1 saturated heterocycles. The maximum atomic E-state index is 12.8. The number of ether oxygens (including phenoxy) is 4. The third kappa shape index (κ3) is 4.91. The van der Waals surface area contributed by atoms with E-state index in [0.717, 1.165) is 4.90 Å². The van der Waals surface area contributed by atoms with E-state index in [9.17, 15) is 19.2 Å². The van der Waals surface area contributed by atoms with Gasteiger partial charge in [0.05, 0.1) is 12.0 Å². The van der Waals surface area contributed by atoms with Crippen LogP contribution in [0.15, 0.2) is 41.3 Å². The van der Waals surface area contributed by atoms with Crippen molar-refractivity contribution in [3.63, 3.8) is 0 Å². The fraction of sp³-hybridized carbons (Fsp3) is 0.182. The molecular weight excluding hydrogens is 468 g/mol. The minimum absolute atomic E-state index is 0.0503. The SMILES string of the molecule is COc1cccc(C=C2SC(=O)N(CC(=O)Nc3ccc4c(c3)OCO4)C2=O)c1OCC(=O)O. The van der Waals surface area contributed by atoms with Crippen molar-refractivity contribution in [1.29, 1.82) is 0 Å². The number of imide groups is 1. The van der Waals surface area contributed by atoms with Crippen LogP contribution in [0.4, 0.5) is 10.5 Å². The van der Waals surface area contributed by atoms with Crippen LogP contribution in [-0.4, -0.2) is 60.1 Å². The first-order valence-electron chi connectivity index (χ1n) is 9.82. The molecule has 2 aromatic carbocycles. The molecule has 0 atom stereocenters. The second-order valence-electron chi connectivity index (χ2n) is 6.95. The summed E-state index contributed by atoms with van der Waals surface area (Å²) in [6.45, 7) is -1.02. The van der Waals surface area contributed by atoms with Gasteiger partial charge >= 0.3 is 5.97 Å². The van der Waals surface area contributed by atoms with Crippen LogP contribution in [-0.2, 0) is 14.4 Å². The molecule has 2 heterocycles. The van der Waals surface area contributed by atoms with Crippen molar-refractivity contribution in [2.24, 2.45) is 0 Å². The highest BCUT2D eigenvalue weighted by Gasteiger charge is 2.36. The van der Waals surface area contributed by atoms with E-state index in [2.05, 4.69) is 5.32 Å². The summed E-state index contributed by atoms with van der Waals surface area (Å²) in [5.74, 6) is -1.02. The van der Waals surface area contributed by atoms with Crippen LogP contribution in [0.5, 0.6) is 23.0 Å². The summed E-state index contributed by atoms with van der Waals surface area (Å²) in [6.07, 6.45) is 1.39. The topological polar surface area (TPSA) is 141 Å². The smallest absolute Gasteiger partial charge is 0.341 e. The second-order valence-corrected chi connectivity index (χ2v) is 7.94. The predicted octanol–water partition coefficient (Wildman–Crippen LogP) is 2.56. The first-order chi connectivity index (χ1) is 16.4. The van der Waals surface area contributed by atoms with E-state index in [1.54, 1.807) is 36.4 Å². The van der Waals surface area contributed by atoms with Crippen molar-refractivity contribution in [2.75, 3.05) is 32.4 Å². The summed E-state index contributed by atoms with van der Waals surface area (Å²) in [5.41, 5.74) is 0.768. The lowest BCUT2D eigenvalue weighted by Gasteiger charge is -2.13. The van der Waals surface area contributed by atoms with Gasteiger partial charge in [-0.2, -0.15) is 0 Å². The molecule has 0 spiro atoms. The number of thioether (sulfide) groups is 1. The van der Waals surface area contributed by atoms with Crippen molar-refractivity contribution < 1.29 is 43.2 Å². The van der Waals surface area contributed by atoms with Crippen LogP contribution in [0.25, 0.3) is 6.08 Å². The van der Waals surface area contributed by atoms with Crippen LogP contribution in [0, 0.1) is 0 Å². The highest BCUT2D eigenvalue weighted by atomic mass is 32.2. The Labute approximate surface area is 197 Å². The first-order valence-corrected chi connectivity index (χ1v) is 10.6. The number of carboxylic acid groups (broad SMARTS) is 1. The molecule has 11 nitrogen and oxygen atoms in total. The molecule has 2 aromatic rings. The van der Waals surface area contributed by atoms with Gasteiger partial charge in [-0.25, -0.2) is 4.79 Å². The zero-order valence-corrected chi connectivity index (χ0v) is 18.5. The minimum atomic E-state index is -1.19. The van der Waals surface area contributed by atoms with Gasteiger partial charge in [-0.05, 0) is 36.0 Å². The number of methoxy groups -OCH3 is 1. The molecule has 0 saturated carbocycles. The van der Waals surface area contributed by atoms with E-state index < -0.39 is 36.2 Å². The number of nitrogens with one attached hydrogen (secondary N) is 1. The molecule has 2 aliphatic heterocycles. The summed E-state index contributed by atoms with van der Waals surface area (Å²) in [6, 6.07) is 9.61. The first kappa shape index (κ1) is 23.0. The molecule has 0 aromatic heterocycles. The average Bonchev–Trinajstić information content (AvgIpc) is 3.37. The van der Waals surface area contributed by atoms with E-state index in [1.165, 1.54) is 13.2 Å². The molecule has 12 heteroatoms. The van der Waals surface area contributed by atoms with Crippen molar-refractivity contribution in [1.82, 2.24) is 4.90 Å². The largest absolute Gasteiger partial charge is 0.493 e. The number of nitrogens with zero attached hydrogens (tertiary/aromatic N) is 1. The van der Waals surface area contributed by atoms with E-state index in [-0.39, 0.29) is 23.2 Å². The molecular formula is C22H18N2O9S. The summed E-state index contributed by atoms with van der Waals surface area (Å²) < 4.78 is 21.0. The Bertz CT molecular complexity index is 1210. The van der Waals surface area contributed by atoms with Crippen molar-refractivity contribution in [3.8, 4) is 23.0 Å². The predicted molar refractivity (Wildman–Crippen MR) is 120 cm³/mol. The summed E-state index contributed by atoms with van der Waals surface area (Å²) >= 11 is 0.657. The Kier molecular flexibility index (Phi) is 6.59. The van der Waals surface area contributed by atoms with Gasteiger partial charge in [0.15, 0.2) is 29.6 Å². The van der Waals surface area contributed by atoms with Gasteiger partial charge in [-0.3, -0.25) is 19.3 Å². The number of aliphatic carboxylic acids is 1. The van der Waals surface area contributed by atoms with E-state index in [0.29, 0.717) is 34.5 Å². The number of hydrogen-bond donors (Lipinski definition) is 2. The molecule has 1 fully saturated rings. The van der Waals surface area contributed by atoms with Crippen LogP contribution in [0.2, 0.25) is 0 Å². The van der Waals surface area contributed by atoms with Crippen molar-refractivity contribution in [3.05, 3.63) is 46.9 Å². The van der Waals surface area contributed by atoms with Crippen LogP contribution in [0.3, 0.4) is 0 Å². The lowest BCUT2D eigenvalue weighted by atomic mass is 10.1. The molecule has 2 N–H and O–H groups in total. The van der Waals surface area contributed by atoms with Gasteiger partial charge in [-0.1, -0.05) is 12.1 Å². The van der Waals surface area contributed by atoms with Crippen molar-refractivity contribution >= 4 is 46.5 Å². The Balaban J connectivity index is 1.48. The number of hydrogen-bond acceptors (Lipinski definition) is 9. The summed E-state index contributed by atoms with van der Waals surface area (Å²) in [5, 5.41) is 10.9. The number of amides is 3. The Morgan fingerprint density at radius 1 is 1.21 bits per heavy atom. The maximum absolute atomic E-state index is 12.8. The third-order valence-corrected chi connectivity index (χ3v) is 5.59. The fourth-order valence-electron chi connectivity index (χ4n) is 3.19. The quantitative estimate of drug-likeness (QED) is 0.535. The van der Waals surface area contributed by atoms with E-state index in [4.69, 9.17) is 24.1 Å². The van der Waals surface area contributed by atoms with E-state index in [1.807, 2.05) is 0 Å². The van der Waals surface area contributed by atoms with Crippen LogP contribution in [0.1, 0.15) is 5.56 Å². The summed E-state index contributed by atoms with van der Waals surface area (Å²) in [4.78, 5) is 49.5. The summed E-state index contributed by atoms with van der Waals surface area (Å²) in [7, 11) is 1.39. The highest BCUT2D eigenvalue weighted by molar-refractivity contribution is 8.18. The number of anilines is 1. The number of fused-ring (bicyclic) bond motifs is 1. The Morgan fingerprint density at radius 3 is 2.76 bits per heavy atom. The van der Waals surface area contributed by atoms with Gasteiger partial charge < -0.3 is 29.4 Å². The molecule has 176 valence electrons. The number of benzene rings is 2. The Hall–Kier alpha value is -4.19. The minimum Gasteiger partial charge on any atom is -0.493 e. The second kappa shape index (κ2) is 9.75. The molecule has 0 bridgehead atoms. The van der Waals surface area contributed by atoms with Gasteiger partial charge in [0.25, 0.3) is 11.1 Å². The van der Waals surface area contributed by atoms with Gasteiger partial charge in [0.1, 0.15) is 6.54 Å². The average molecular weight is 486 g/mol. The zero-order valence-electron chi connectivity index (χ0n) is 17.7. The normalized spacial score (nSPS) is 15.6. The van der Waals surface area contributed by atoms with Crippen LogP contribution >= 0.6 is 11.8 Å². The lowest BCUT2D eigenvalue weighted by Crippen LogP contribution is -2.36. The molecule has 0 aliphatic carbocycles. The number of carbonyl (C=O) groups is 4. The monoisotopic (exact) mass is 486 g/mol. The standard InChI is InChI=1S/C22H18N2O9S/c1-30-15-4-2-3-12(20(15)31-10-19(26)27)7-17-21(28)24(22(29)34-17)9-18(25)23-13-5-6-14-16(8-13)33-11-32-14/h2-8H,9-11H2,1H3,(H,23,25)(H,26,27). The maximum Gasteiger partial charge on any atom is 0.341 e. The number of carbonyl (C=O) groups excluding carboxylic acids is 3. The number of carboxylic acids is 1. The lowest BCUT2D eigenvalue weighted by molar-refractivity contribution is -0.139. The number of rotatable bonds is 8. The van der Waals surface area contributed by atoms with Gasteiger partial charge in [-0.15, -0.1) is 0 Å². The van der Waals surface area contributed by atoms with Gasteiger partial charge in [0.2, 0.25) is 12.7 Å². The highest BCUT2D eigenvalue weighted by Crippen LogP contribution is 2.38. The number of para-hydroxylation sites is 1. The van der Waals surface area contributed by atoms with Gasteiger partial charge in [0, 0.05) is 17.3 Å². The van der Waals surface area contributed by atoms with E-state index >= 15 is 0 Å². The van der Waals surface area contributed by atoms with Crippen molar-refractivity contribution in [2.45, 2.75) is 0 Å². The van der Waals surface area contributed by atoms with Crippen LogP contribution < -0.4 is 24.3 Å². The molecule has 2 aliphatic rings. The zero-order chi connectivity index (χ0) is 24.2. The molecule has 0 unspecified atom stereocenters.